The Bertz CT molecular complexity index is 496. The topological polar surface area (TPSA) is 12.0 Å². The van der Waals surface area contributed by atoms with Crippen molar-refractivity contribution in [1.29, 1.82) is 0 Å². The van der Waals surface area contributed by atoms with E-state index in [9.17, 15) is 0 Å². The predicted octanol–water partition coefficient (Wildman–Crippen LogP) is 4.36. The first-order valence-electron chi connectivity index (χ1n) is 6.00. The molecule has 17 heavy (non-hydrogen) atoms. The molecule has 1 atom stereocenters. The summed E-state index contributed by atoms with van der Waals surface area (Å²) >= 11 is 3.67. The Morgan fingerprint density at radius 2 is 2.24 bits per heavy atom. The van der Waals surface area contributed by atoms with E-state index in [1.807, 2.05) is 22.7 Å². The van der Waals surface area contributed by atoms with Crippen LogP contribution in [0.4, 0.5) is 0 Å². The van der Waals surface area contributed by atoms with Crippen molar-refractivity contribution in [3.8, 4) is 10.4 Å². The molecule has 3 heteroatoms. The molecule has 0 amide bonds. The lowest BCUT2D eigenvalue weighted by Crippen LogP contribution is -2.19. The Hall–Kier alpha value is -0.640. The molecule has 2 heterocycles. The lowest BCUT2D eigenvalue weighted by Gasteiger charge is -2.04. The van der Waals surface area contributed by atoms with Crippen molar-refractivity contribution < 1.29 is 0 Å². The monoisotopic (exact) mass is 263 g/mol. The summed E-state index contributed by atoms with van der Waals surface area (Å²) in [4.78, 5) is 2.82. The average molecular weight is 263 g/mol. The number of thiophene rings is 2. The molecule has 2 aromatic heterocycles. The number of hydrogen-bond acceptors (Lipinski definition) is 3. The summed E-state index contributed by atoms with van der Waals surface area (Å²) in [6.07, 6.45) is 1.32. The standard InChI is InChI=1S/C14H17NS2/c1-14(2)7-13(14)15-8-11-6-10(9-17-11)12-4-3-5-16-12/h3-6,9,13,15H,7-8H2,1-2H3. The fourth-order valence-corrected chi connectivity index (χ4v) is 3.71. The van der Waals surface area contributed by atoms with Crippen LogP contribution in [0.3, 0.4) is 0 Å². The van der Waals surface area contributed by atoms with E-state index < -0.39 is 0 Å². The summed E-state index contributed by atoms with van der Waals surface area (Å²) in [5.74, 6) is 0. The molecule has 0 radical (unpaired) electrons. The number of rotatable bonds is 4. The lowest BCUT2D eigenvalue weighted by molar-refractivity contribution is 0.544. The van der Waals surface area contributed by atoms with Gasteiger partial charge in [0.15, 0.2) is 0 Å². The average Bonchev–Trinajstić information content (AvgIpc) is 2.81. The van der Waals surface area contributed by atoms with Crippen LogP contribution >= 0.6 is 22.7 Å². The highest BCUT2D eigenvalue weighted by atomic mass is 32.1. The molecule has 2 aromatic rings. The Balaban J connectivity index is 1.62. The van der Waals surface area contributed by atoms with Crippen molar-refractivity contribution in [3.63, 3.8) is 0 Å². The van der Waals surface area contributed by atoms with Crippen molar-refractivity contribution >= 4 is 22.7 Å². The molecule has 0 aromatic carbocycles. The van der Waals surface area contributed by atoms with Gasteiger partial charge in [0, 0.05) is 27.9 Å². The van der Waals surface area contributed by atoms with Crippen LogP contribution in [0.25, 0.3) is 10.4 Å². The molecule has 1 unspecified atom stereocenters. The van der Waals surface area contributed by atoms with Gasteiger partial charge in [0.25, 0.3) is 0 Å². The third-order valence-corrected chi connectivity index (χ3v) is 5.35. The maximum Gasteiger partial charge on any atom is 0.0351 e. The van der Waals surface area contributed by atoms with Gasteiger partial charge < -0.3 is 5.32 Å². The molecular weight excluding hydrogens is 246 g/mol. The van der Waals surface area contributed by atoms with E-state index in [0.717, 1.165) is 12.6 Å². The molecule has 1 aliphatic rings. The van der Waals surface area contributed by atoms with E-state index in [-0.39, 0.29) is 0 Å². The van der Waals surface area contributed by atoms with Gasteiger partial charge in [-0.2, -0.15) is 0 Å². The predicted molar refractivity (Wildman–Crippen MR) is 76.7 cm³/mol. The third-order valence-electron chi connectivity index (χ3n) is 3.50. The van der Waals surface area contributed by atoms with Gasteiger partial charge in [-0.3, -0.25) is 0 Å². The third kappa shape index (κ3) is 2.46. The molecule has 0 bridgehead atoms. The van der Waals surface area contributed by atoms with Gasteiger partial charge in [-0.05, 0) is 34.7 Å². The van der Waals surface area contributed by atoms with Crippen LogP contribution in [0, 0.1) is 5.41 Å². The van der Waals surface area contributed by atoms with Crippen LogP contribution in [-0.4, -0.2) is 6.04 Å². The molecular formula is C14H17NS2. The molecule has 1 N–H and O–H groups in total. The smallest absolute Gasteiger partial charge is 0.0351 e. The van der Waals surface area contributed by atoms with Crippen molar-refractivity contribution in [2.45, 2.75) is 32.9 Å². The summed E-state index contributed by atoms with van der Waals surface area (Å²) in [5, 5.41) is 8.04. The molecule has 1 nitrogen and oxygen atoms in total. The van der Waals surface area contributed by atoms with Crippen LogP contribution < -0.4 is 5.32 Å². The molecule has 3 rings (SSSR count). The summed E-state index contributed by atoms with van der Waals surface area (Å²) in [7, 11) is 0. The molecule has 0 aliphatic heterocycles. The minimum Gasteiger partial charge on any atom is -0.309 e. The van der Waals surface area contributed by atoms with Crippen LogP contribution in [0.2, 0.25) is 0 Å². The quantitative estimate of drug-likeness (QED) is 0.864. The molecule has 0 saturated heterocycles. The highest BCUT2D eigenvalue weighted by Gasteiger charge is 2.44. The van der Waals surface area contributed by atoms with Crippen molar-refractivity contribution in [2.75, 3.05) is 0 Å². The lowest BCUT2D eigenvalue weighted by atomic mass is 10.2. The van der Waals surface area contributed by atoms with Gasteiger partial charge in [-0.1, -0.05) is 19.9 Å². The van der Waals surface area contributed by atoms with E-state index in [0.29, 0.717) is 5.41 Å². The Morgan fingerprint density at radius 1 is 1.41 bits per heavy atom. The maximum absolute atomic E-state index is 3.64. The van der Waals surface area contributed by atoms with Crippen LogP contribution in [-0.2, 0) is 6.54 Å². The maximum atomic E-state index is 3.64. The summed E-state index contributed by atoms with van der Waals surface area (Å²) in [6.45, 7) is 5.68. The second kappa shape index (κ2) is 4.23. The Morgan fingerprint density at radius 3 is 2.88 bits per heavy atom. The number of nitrogens with one attached hydrogen (secondary N) is 1. The number of hydrogen-bond donors (Lipinski definition) is 1. The van der Waals surface area contributed by atoms with E-state index in [1.54, 1.807) is 0 Å². The summed E-state index contributed by atoms with van der Waals surface area (Å²) in [6, 6.07) is 7.34. The van der Waals surface area contributed by atoms with Crippen molar-refractivity contribution in [2.24, 2.45) is 5.41 Å². The van der Waals surface area contributed by atoms with Gasteiger partial charge in [0.2, 0.25) is 0 Å². The molecule has 1 aliphatic carbocycles. The largest absolute Gasteiger partial charge is 0.309 e. The van der Waals surface area contributed by atoms with Crippen molar-refractivity contribution in [1.82, 2.24) is 5.32 Å². The fraction of sp³-hybridized carbons (Fsp3) is 0.429. The molecule has 0 spiro atoms. The van der Waals surface area contributed by atoms with Gasteiger partial charge in [-0.25, -0.2) is 0 Å². The molecule has 1 saturated carbocycles. The first-order chi connectivity index (χ1) is 8.15. The normalized spacial score (nSPS) is 21.6. The first kappa shape index (κ1) is 11.5. The minimum absolute atomic E-state index is 0.522. The SMILES string of the molecule is CC1(C)CC1NCc1cc(-c2cccs2)cs1. The molecule has 90 valence electrons. The van der Waals surface area contributed by atoms with Gasteiger partial charge in [0.05, 0.1) is 0 Å². The Kier molecular flexibility index (Phi) is 2.85. The highest BCUT2D eigenvalue weighted by molar-refractivity contribution is 7.14. The highest BCUT2D eigenvalue weighted by Crippen LogP contribution is 2.44. The van der Waals surface area contributed by atoms with Gasteiger partial charge in [0.1, 0.15) is 0 Å². The summed E-state index contributed by atoms with van der Waals surface area (Å²) < 4.78 is 0. The fourth-order valence-electron chi connectivity index (χ4n) is 2.08. The van der Waals surface area contributed by atoms with E-state index in [2.05, 4.69) is 48.1 Å². The van der Waals surface area contributed by atoms with Gasteiger partial charge >= 0.3 is 0 Å². The van der Waals surface area contributed by atoms with E-state index >= 15 is 0 Å². The second-order valence-electron chi connectivity index (χ2n) is 5.41. The molecule has 1 fully saturated rings. The van der Waals surface area contributed by atoms with Crippen LogP contribution in [0.15, 0.2) is 29.0 Å². The minimum atomic E-state index is 0.522. The van der Waals surface area contributed by atoms with Crippen LogP contribution in [0.1, 0.15) is 25.1 Å². The zero-order valence-electron chi connectivity index (χ0n) is 10.2. The first-order valence-corrected chi connectivity index (χ1v) is 7.76. The Labute approximate surface area is 111 Å². The van der Waals surface area contributed by atoms with Gasteiger partial charge in [-0.15, -0.1) is 22.7 Å². The van der Waals surface area contributed by atoms with Crippen molar-refractivity contribution in [3.05, 3.63) is 33.8 Å². The van der Waals surface area contributed by atoms with E-state index in [1.165, 1.54) is 21.7 Å². The summed E-state index contributed by atoms with van der Waals surface area (Å²) in [5.41, 5.74) is 1.89. The zero-order chi connectivity index (χ0) is 11.9. The zero-order valence-corrected chi connectivity index (χ0v) is 11.8. The second-order valence-corrected chi connectivity index (χ2v) is 7.35. The van der Waals surface area contributed by atoms with Crippen LogP contribution in [0.5, 0.6) is 0 Å². The van der Waals surface area contributed by atoms with E-state index in [4.69, 9.17) is 0 Å².